The van der Waals surface area contributed by atoms with E-state index < -0.39 is 16.1 Å². The SMILES string of the molecule is C[C@@H](C(=O)NC1CCCC1)N(Cc1ccc(Cl)c(Cl)c1)C(=O)CCCN(c1cc(Cl)ccc1Cl)S(C)(=O)=O. The highest BCUT2D eigenvalue weighted by Crippen LogP contribution is 2.31. The number of carbonyl (C=O) groups is 2. The van der Waals surface area contributed by atoms with Crippen LogP contribution in [0.25, 0.3) is 0 Å². The molecule has 12 heteroatoms. The first-order valence-electron chi connectivity index (χ1n) is 12.3. The summed E-state index contributed by atoms with van der Waals surface area (Å²) in [6.07, 6.45) is 5.25. The van der Waals surface area contributed by atoms with Crippen LogP contribution in [0.5, 0.6) is 0 Å². The Balaban J connectivity index is 1.76. The van der Waals surface area contributed by atoms with Crippen molar-refractivity contribution in [1.82, 2.24) is 10.2 Å². The van der Waals surface area contributed by atoms with E-state index >= 15 is 0 Å². The smallest absolute Gasteiger partial charge is 0.242 e. The first kappa shape index (κ1) is 30.8. The van der Waals surface area contributed by atoms with Gasteiger partial charge in [0.15, 0.2) is 0 Å². The number of rotatable bonds is 11. The maximum atomic E-state index is 13.4. The van der Waals surface area contributed by atoms with E-state index in [9.17, 15) is 18.0 Å². The van der Waals surface area contributed by atoms with Crippen LogP contribution >= 0.6 is 46.4 Å². The fourth-order valence-electron chi connectivity index (χ4n) is 4.47. The molecule has 0 bridgehead atoms. The van der Waals surface area contributed by atoms with Gasteiger partial charge in [-0.05, 0) is 62.1 Å². The molecule has 0 aromatic heterocycles. The van der Waals surface area contributed by atoms with Crippen molar-refractivity contribution in [2.45, 2.75) is 64.1 Å². The van der Waals surface area contributed by atoms with E-state index in [1.807, 2.05) is 0 Å². The standard InChI is InChI=1S/C26H31Cl4N3O4S/c1-17(26(35)31-20-6-3-4-7-20)32(16-18-9-11-21(28)23(30)14-18)25(34)8-5-13-33(38(2,36)37)24-15-19(27)10-12-22(24)29/h9-12,14-15,17,20H,3-8,13,16H2,1-2H3,(H,31,35)/t17-/m0/s1. The molecule has 2 aromatic rings. The van der Waals surface area contributed by atoms with Crippen molar-refractivity contribution in [1.29, 1.82) is 0 Å². The Kier molecular flexibility index (Phi) is 11.0. The van der Waals surface area contributed by atoms with Crippen LogP contribution in [-0.2, 0) is 26.2 Å². The van der Waals surface area contributed by atoms with Gasteiger partial charge >= 0.3 is 0 Å². The van der Waals surface area contributed by atoms with Crippen LogP contribution in [-0.4, -0.2) is 50.0 Å². The molecule has 2 amide bonds. The Bertz CT molecular complexity index is 1270. The predicted molar refractivity (Wildman–Crippen MR) is 155 cm³/mol. The maximum Gasteiger partial charge on any atom is 0.242 e. The normalized spacial score (nSPS) is 14.8. The number of benzene rings is 2. The molecule has 0 unspecified atom stereocenters. The van der Waals surface area contributed by atoms with Crippen molar-refractivity contribution in [3.8, 4) is 0 Å². The second-order valence-electron chi connectivity index (χ2n) is 9.47. The van der Waals surface area contributed by atoms with Gasteiger partial charge in [-0.1, -0.05) is 65.3 Å². The van der Waals surface area contributed by atoms with E-state index in [4.69, 9.17) is 46.4 Å². The fourth-order valence-corrected chi connectivity index (χ4v) is 6.19. The molecular formula is C26H31Cl4N3O4S. The summed E-state index contributed by atoms with van der Waals surface area (Å²) in [5, 5.41) is 4.35. The summed E-state index contributed by atoms with van der Waals surface area (Å²) in [7, 11) is -3.70. The third kappa shape index (κ3) is 8.39. The van der Waals surface area contributed by atoms with Crippen LogP contribution in [0.15, 0.2) is 36.4 Å². The number of anilines is 1. The van der Waals surface area contributed by atoms with Crippen LogP contribution in [0.4, 0.5) is 5.69 Å². The Morgan fingerprint density at radius 2 is 1.66 bits per heavy atom. The van der Waals surface area contributed by atoms with E-state index in [-0.39, 0.29) is 54.5 Å². The minimum Gasteiger partial charge on any atom is -0.352 e. The molecule has 1 saturated carbocycles. The van der Waals surface area contributed by atoms with Crippen LogP contribution in [0.1, 0.15) is 51.0 Å². The third-order valence-electron chi connectivity index (χ3n) is 6.53. The number of hydrogen-bond acceptors (Lipinski definition) is 4. The van der Waals surface area contributed by atoms with Crippen LogP contribution in [0.3, 0.4) is 0 Å². The zero-order chi connectivity index (χ0) is 28.0. The molecule has 7 nitrogen and oxygen atoms in total. The lowest BCUT2D eigenvalue weighted by atomic mass is 10.1. The number of nitrogens with zero attached hydrogens (tertiary/aromatic N) is 2. The molecule has 3 rings (SSSR count). The molecule has 1 fully saturated rings. The van der Waals surface area contributed by atoms with Gasteiger partial charge in [0.2, 0.25) is 21.8 Å². The highest BCUT2D eigenvalue weighted by molar-refractivity contribution is 7.92. The van der Waals surface area contributed by atoms with Gasteiger partial charge in [0.25, 0.3) is 0 Å². The monoisotopic (exact) mass is 621 g/mol. The zero-order valence-electron chi connectivity index (χ0n) is 21.2. The molecule has 0 saturated heterocycles. The molecule has 1 N–H and O–H groups in total. The molecule has 0 radical (unpaired) electrons. The molecule has 208 valence electrons. The quantitative estimate of drug-likeness (QED) is 0.318. The number of hydrogen-bond donors (Lipinski definition) is 1. The molecule has 2 aromatic carbocycles. The summed E-state index contributed by atoms with van der Waals surface area (Å²) < 4.78 is 26.2. The van der Waals surface area contributed by atoms with E-state index in [0.29, 0.717) is 15.1 Å². The zero-order valence-corrected chi connectivity index (χ0v) is 25.1. The van der Waals surface area contributed by atoms with Gasteiger partial charge in [-0.15, -0.1) is 0 Å². The van der Waals surface area contributed by atoms with Gasteiger partial charge in [0, 0.05) is 30.6 Å². The number of carbonyl (C=O) groups excluding carboxylic acids is 2. The van der Waals surface area contributed by atoms with Gasteiger partial charge in [-0.3, -0.25) is 13.9 Å². The fraction of sp³-hybridized carbons (Fsp3) is 0.462. The molecular weight excluding hydrogens is 592 g/mol. The Morgan fingerprint density at radius 3 is 2.29 bits per heavy atom. The van der Waals surface area contributed by atoms with Gasteiger partial charge in [-0.25, -0.2) is 8.42 Å². The van der Waals surface area contributed by atoms with Crippen LogP contribution < -0.4 is 9.62 Å². The largest absolute Gasteiger partial charge is 0.352 e. The van der Waals surface area contributed by atoms with Crippen molar-refractivity contribution in [2.75, 3.05) is 17.1 Å². The summed E-state index contributed by atoms with van der Waals surface area (Å²) in [5.41, 5.74) is 0.961. The summed E-state index contributed by atoms with van der Waals surface area (Å²) in [6.45, 7) is 1.84. The van der Waals surface area contributed by atoms with Crippen molar-refractivity contribution in [3.05, 3.63) is 62.1 Å². The number of sulfonamides is 1. The number of halogens is 4. The highest BCUT2D eigenvalue weighted by Gasteiger charge is 2.29. The third-order valence-corrected chi connectivity index (χ3v) is 9.01. The lowest BCUT2D eigenvalue weighted by Gasteiger charge is -2.30. The van der Waals surface area contributed by atoms with Gasteiger partial charge in [0.05, 0.1) is 27.0 Å². The molecule has 38 heavy (non-hydrogen) atoms. The maximum absolute atomic E-state index is 13.4. The summed E-state index contributed by atoms with van der Waals surface area (Å²) in [5.74, 6) is -0.524. The summed E-state index contributed by atoms with van der Waals surface area (Å²) in [6, 6.07) is 8.98. The lowest BCUT2D eigenvalue weighted by molar-refractivity contribution is -0.141. The second-order valence-corrected chi connectivity index (χ2v) is 13.0. The first-order valence-corrected chi connectivity index (χ1v) is 15.7. The van der Waals surface area contributed by atoms with Gasteiger partial charge in [0.1, 0.15) is 6.04 Å². The van der Waals surface area contributed by atoms with Crippen LogP contribution in [0.2, 0.25) is 20.1 Å². The molecule has 1 aliphatic carbocycles. The Hall–Kier alpha value is -1.71. The second kappa shape index (κ2) is 13.6. The number of amides is 2. The molecule has 1 aliphatic rings. The minimum atomic E-state index is -3.70. The lowest BCUT2D eigenvalue weighted by Crippen LogP contribution is -2.49. The Morgan fingerprint density at radius 1 is 1.00 bits per heavy atom. The van der Waals surface area contributed by atoms with Crippen LogP contribution in [0, 0.1) is 0 Å². The van der Waals surface area contributed by atoms with E-state index in [2.05, 4.69) is 5.32 Å². The van der Waals surface area contributed by atoms with E-state index in [1.165, 1.54) is 17.0 Å². The topological polar surface area (TPSA) is 86.8 Å². The van der Waals surface area contributed by atoms with E-state index in [0.717, 1.165) is 41.8 Å². The van der Waals surface area contributed by atoms with Gasteiger partial charge in [-0.2, -0.15) is 0 Å². The van der Waals surface area contributed by atoms with Crippen molar-refractivity contribution in [3.63, 3.8) is 0 Å². The van der Waals surface area contributed by atoms with E-state index in [1.54, 1.807) is 31.2 Å². The van der Waals surface area contributed by atoms with Crippen molar-refractivity contribution >= 4 is 73.9 Å². The molecule has 1 atom stereocenters. The Labute approximate surface area is 244 Å². The first-order chi connectivity index (χ1) is 17.9. The van der Waals surface area contributed by atoms with Crippen molar-refractivity contribution < 1.29 is 18.0 Å². The van der Waals surface area contributed by atoms with Crippen molar-refractivity contribution in [2.24, 2.45) is 0 Å². The minimum absolute atomic E-state index is 0.00652. The average Bonchev–Trinajstić information content (AvgIpc) is 3.36. The molecule has 0 spiro atoms. The predicted octanol–water partition coefficient (Wildman–Crippen LogP) is 6.32. The summed E-state index contributed by atoms with van der Waals surface area (Å²) >= 11 is 24.5. The van der Waals surface area contributed by atoms with Gasteiger partial charge < -0.3 is 10.2 Å². The number of nitrogens with one attached hydrogen (secondary N) is 1. The molecule has 0 aliphatic heterocycles. The summed E-state index contributed by atoms with van der Waals surface area (Å²) in [4.78, 5) is 28.0. The highest BCUT2D eigenvalue weighted by atomic mass is 35.5. The average molecular weight is 623 g/mol. The molecule has 0 heterocycles.